The van der Waals surface area contributed by atoms with Crippen molar-refractivity contribution in [2.45, 2.75) is 70.4 Å². The van der Waals surface area contributed by atoms with Crippen LogP contribution in [0.5, 0.6) is 0 Å². The Labute approximate surface area is 123 Å². The minimum absolute atomic E-state index is 0.279. The highest BCUT2D eigenvalue weighted by Gasteiger charge is 2.51. The van der Waals surface area contributed by atoms with Crippen LogP contribution in [0.4, 0.5) is 5.69 Å². The summed E-state index contributed by atoms with van der Waals surface area (Å²) in [6.07, 6.45) is 6.28. The number of hydrogen-bond donors (Lipinski definition) is 2. The van der Waals surface area contributed by atoms with Gasteiger partial charge in [-0.2, -0.15) is 0 Å². The van der Waals surface area contributed by atoms with Gasteiger partial charge in [-0.3, -0.25) is 0 Å². The molecule has 0 unspecified atom stereocenters. The molecule has 2 nitrogen and oxygen atoms in total. The Hall–Kier alpha value is -1.02. The van der Waals surface area contributed by atoms with Crippen LogP contribution in [0.25, 0.3) is 0 Å². The van der Waals surface area contributed by atoms with Gasteiger partial charge in [0.1, 0.15) is 0 Å². The summed E-state index contributed by atoms with van der Waals surface area (Å²) in [6.45, 7) is 6.87. The van der Waals surface area contributed by atoms with E-state index in [9.17, 15) is 0 Å². The average molecular weight is 272 g/mol. The lowest BCUT2D eigenvalue weighted by molar-refractivity contribution is 0.00121. The molecule has 3 rings (SSSR count). The van der Waals surface area contributed by atoms with Crippen molar-refractivity contribution in [1.29, 1.82) is 0 Å². The first-order valence-corrected chi connectivity index (χ1v) is 8.05. The zero-order valence-corrected chi connectivity index (χ0v) is 13.1. The zero-order chi connectivity index (χ0) is 14.4. The van der Waals surface area contributed by atoms with E-state index in [2.05, 4.69) is 50.4 Å². The van der Waals surface area contributed by atoms with Crippen molar-refractivity contribution in [3.05, 3.63) is 29.8 Å². The molecule has 2 saturated carbocycles. The first-order valence-electron chi connectivity index (χ1n) is 8.05. The third kappa shape index (κ3) is 2.46. The SMILES string of the molecule is CCC(C)(C)c1ccc(NC2CC3(CC(N)C3)C2)cc1. The van der Waals surface area contributed by atoms with E-state index in [1.807, 2.05) is 0 Å². The largest absolute Gasteiger partial charge is 0.382 e. The van der Waals surface area contributed by atoms with Crippen LogP contribution in [0.2, 0.25) is 0 Å². The van der Waals surface area contributed by atoms with Crippen LogP contribution in [-0.2, 0) is 5.41 Å². The highest BCUT2D eigenvalue weighted by atomic mass is 15.0. The standard InChI is InChI=1S/C18H28N2/c1-4-17(2,3)13-5-7-15(8-6-13)20-16-11-18(12-16)9-14(19)10-18/h5-8,14,16,20H,4,9-12,19H2,1-3H3. The number of rotatable bonds is 4. The fourth-order valence-corrected chi connectivity index (χ4v) is 3.93. The summed E-state index contributed by atoms with van der Waals surface area (Å²) in [6, 6.07) is 10.2. The topological polar surface area (TPSA) is 38.0 Å². The lowest BCUT2D eigenvalue weighted by Gasteiger charge is -2.57. The van der Waals surface area contributed by atoms with Gasteiger partial charge in [0.05, 0.1) is 0 Å². The van der Waals surface area contributed by atoms with E-state index in [-0.39, 0.29) is 5.41 Å². The summed E-state index contributed by atoms with van der Waals surface area (Å²) in [5, 5.41) is 3.67. The van der Waals surface area contributed by atoms with Gasteiger partial charge in [-0.25, -0.2) is 0 Å². The summed E-state index contributed by atoms with van der Waals surface area (Å²) in [4.78, 5) is 0. The molecule has 1 aromatic carbocycles. The van der Waals surface area contributed by atoms with E-state index in [0.29, 0.717) is 17.5 Å². The van der Waals surface area contributed by atoms with E-state index >= 15 is 0 Å². The van der Waals surface area contributed by atoms with Gasteiger partial charge in [-0.1, -0.05) is 32.9 Å². The predicted molar refractivity (Wildman–Crippen MR) is 86.0 cm³/mol. The molecule has 1 aromatic rings. The molecule has 0 aromatic heterocycles. The Morgan fingerprint density at radius 2 is 1.75 bits per heavy atom. The molecule has 0 atom stereocenters. The summed E-state index contributed by atoms with van der Waals surface area (Å²) >= 11 is 0. The van der Waals surface area contributed by atoms with Crippen molar-refractivity contribution in [3.63, 3.8) is 0 Å². The zero-order valence-electron chi connectivity index (χ0n) is 13.1. The van der Waals surface area contributed by atoms with Gasteiger partial charge in [0.2, 0.25) is 0 Å². The summed E-state index contributed by atoms with van der Waals surface area (Å²) in [5.41, 5.74) is 9.50. The van der Waals surface area contributed by atoms with Crippen molar-refractivity contribution >= 4 is 5.69 Å². The van der Waals surface area contributed by atoms with Crippen LogP contribution in [0.15, 0.2) is 24.3 Å². The number of nitrogens with one attached hydrogen (secondary N) is 1. The maximum absolute atomic E-state index is 5.91. The molecule has 2 aliphatic carbocycles. The van der Waals surface area contributed by atoms with Gasteiger partial charge >= 0.3 is 0 Å². The third-order valence-corrected chi connectivity index (χ3v) is 5.67. The van der Waals surface area contributed by atoms with E-state index < -0.39 is 0 Å². The van der Waals surface area contributed by atoms with Crippen LogP contribution in [-0.4, -0.2) is 12.1 Å². The van der Waals surface area contributed by atoms with Gasteiger partial charge in [0.25, 0.3) is 0 Å². The van der Waals surface area contributed by atoms with Gasteiger partial charge in [0.15, 0.2) is 0 Å². The van der Waals surface area contributed by atoms with Gasteiger partial charge in [-0.15, -0.1) is 0 Å². The molecule has 20 heavy (non-hydrogen) atoms. The van der Waals surface area contributed by atoms with Crippen LogP contribution in [0.3, 0.4) is 0 Å². The van der Waals surface area contributed by atoms with Crippen LogP contribution in [0, 0.1) is 5.41 Å². The van der Waals surface area contributed by atoms with E-state index in [0.717, 1.165) is 0 Å². The van der Waals surface area contributed by atoms with Gasteiger partial charge in [0, 0.05) is 17.8 Å². The number of anilines is 1. The number of nitrogens with two attached hydrogens (primary N) is 1. The van der Waals surface area contributed by atoms with E-state index in [1.165, 1.54) is 43.4 Å². The number of benzene rings is 1. The first kappa shape index (κ1) is 13.9. The Morgan fingerprint density at radius 1 is 1.15 bits per heavy atom. The van der Waals surface area contributed by atoms with Crippen LogP contribution >= 0.6 is 0 Å². The van der Waals surface area contributed by atoms with Crippen molar-refractivity contribution < 1.29 is 0 Å². The second kappa shape index (κ2) is 4.77. The maximum Gasteiger partial charge on any atom is 0.0342 e. The van der Waals surface area contributed by atoms with E-state index in [1.54, 1.807) is 0 Å². The first-order chi connectivity index (χ1) is 9.42. The van der Waals surface area contributed by atoms with E-state index in [4.69, 9.17) is 5.73 Å². The fourth-order valence-electron chi connectivity index (χ4n) is 3.93. The summed E-state index contributed by atoms with van der Waals surface area (Å²) < 4.78 is 0. The minimum Gasteiger partial charge on any atom is -0.382 e. The molecular weight excluding hydrogens is 244 g/mol. The molecule has 3 N–H and O–H groups in total. The Balaban J connectivity index is 1.55. The van der Waals surface area contributed by atoms with Crippen molar-refractivity contribution in [2.75, 3.05) is 5.32 Å². The fraction of sp³-hybridized carbons (Fsp3) is 0.667. The normalized spacial score (nSPS) is 32.6. The average Bonchev–Trinajstić information content (AvgIpc) is 2.35. The van der Waals surface area contributed by atoms with Crippen molar-refractivity contribution in [1.82, 2.24) is 0 Å². The molecule has 0 saturated heterocycles. The monoisotopic (exact) mass is 272 g/mol. The van der Waals surface area contributed by atoms with Crippen LogP contribution in [0.1, 0.15) is 58.4 Å². The third-order valence-electron chi connectivity index (χ3n) is 5.67. The van der Waals surface area contributed by atoms with Crippen molar-refractivity contribution in [2.24, 2.45) is 11.1 Å². The highest BCUT2D eigenvalue weighted by molar-refractivity contribution is 5.47. The molecule has 0 bridgehead atoms. The number of hydrogen-bond acceptors (Lipinski definition) is 2. The molecule has 2 aliphatic rings. The Bertz CT molecular complexity index is 461. The lowest BCUT2D eigenvalue weighted by atomic mass is 9.52. The second-order valence-electron chi connectivity index (χ2n) is 7.73. The quantitative estimate of drug-likeness (QED) is 0.867. The molecule has 0 amide bonds. The molecule has 1 spiro atoms. The molecule has 110 valence electrons. The molecule has 0 heterocycles. The van der Waals surface area contributed by atoms with Gasteiger partial charge < -0.3 is 11.1 Å². The maximum atomic E-state index is 5.91. The summed E-state index contributed by atoms with van der Waals surface area (Å²) in [7, 11) is 0. The molecule has 2 fully saturated rings. The Morgan fingerprint density at radius 3 is 2.25 bits per heavy atom. The molecule has 0 aliphatic heterocycles. The van der Waals surface area contributed by atoms with Gasteiger partial charge in [-0.05, 0) is 60.6 Å². The Kier molecular flexibility index (Phi) is 3.32. The highest BCUT2D eigenvalue weighted by Crippen LogP contribution is 2.55. The second-order valence-corrected chi connectivity index (χ2v) is 7.73. The van der Waals surface area contributed by atoms with Crippen molar-refractivity contribution in [3.8, 4) is 0 Å². The minimum atomic E-state index is 0.279. The predicted octanol–water partition coefficient (Wildman–Crippen LogP) is 4.06. The molecule has 0 radical (unpaired) electrons. The smallest absolute Gasteiger partial charge is 0.0342 e. The lowest BCUT2D eigenvalue weighted by Crippen LogP contribution is -2.57. The molecular formula is C18H28N2. The van der Waals surface area contributed by atoms with Crippen LogP contribution < -0.4 is 11.1 Å². The summed E-state index contributed by atoms with van der Waals surface area (Å²) in [5.74, 6) is 0. The molecule has 2 heteroatoms.